The van der Waals surface area contributed by atoms with Crippen molar-refractivity contribution in [2.75, 3.05) is 19.1 Å². The van der Waals surface area contributed by atoms with Gasteiger partial charge in [-0.15, -0.1) is 0 Å². The number of hydrogen-bond donors (Lipinski definition) is 1. The molecule has 7 heteroatoms. The molecule has 0 radical (unpaired) electrons. The summed E-state index contributed by atoms with van der Waals surface area (Å²) in [5.41, 5.74) is 1.30. The predicted octanol–water partition coefficient (Wildman–Crippen LogP) is 3.48. The zero-order valence-electron chi connectivity index (χ0n) is 16.1. The van der Waals surface area contributed by atoms with Crippen molar-refractivity contribution in [2.45, 2.75) is 12.5 Å². The third-order valence-electron chi connectivity index (χ3n) is 4.48. The summed E-state index contributed by atoms with van der Waals surface area (Å²) < 4.78 is 10.2. The lowest BCUT2D eigenvalue weighted by atomic mass is 10.0. The van der Waals surface area contributed by atoms with E-state index in [9.17, 15) is 14.4 Å². The van der Waals surface area contributed by atoms with Crippen LogP contribution in [0.5, 0.6) is 0 Å². The third kappa shape index (κ3) is 4.86. The first-order chi connectivity index (χ1) is 14.0. The second kappa shape index (κ2) is 9.43. The predicted molar refractivity (Wildman–Crippen MR) is 114 cm³/mol. The Balaban J connectivity index is 1.89. The molecule has 2 aromatic carbocycles. The van der Waals surface area contributed by atoms with Crippen molar-refractivity contribution in [3.05, 3.63) is 70.6 Å². The molecule has 1 amide bonds. The second-order valence-corrected chi connectivity index (χ2v) is 7.38. The minimum absolute atomic E-state index is 0.341. The maximum Gasteiger partial charge on any atom is 0.344 e. The number of para-hydroxylation sites is 1. The summed E-state index contributed by atoms with van der Waals surface area (Å²) in [5, 5.41) is 3.50. The van der Waals surface area contributed by atoms with Crippen LogP contribution in [0, 0.1) is 0 Å². The number of nitrogens with one attached hydrogen (secondary N) is 1. The zero-order chi connectivity index (χ0) is 20.8. The van der Waals surface area contributed by atoms with Crippen molar-refractivity contribution in [2.24, 2.45) is 0 Å². The van der Waals surface area contributed by atoms with Crippen molar-refractivity contribution >= 4 is 34.6 Å². The average Bonchev–Trinajstić information content (AvgIpc) is 2.75. The molecule has 0 aliphatic heterocycles. The van der Waals surface area contributed by atoms with E-state index in [4.69, 9.17) is 9.15 Å². The first-order valence-electron chi connectivity index (χ1n) is 9.04. The number of rotatable bonds is 7. The van der Waals surface area contributed by atoms with Gasteiger partial charge in [0, 0.05) is 10.9 Å². The Hall–Kier alpha value is -3.06. The van der Waals surface area contributed by atoms with Crippen molar-refractivity contribution in [1.82, 2.24) is 5.32 Å². The van der Waals surface area contributed by atoms with E-state index in [1.165, 1.54) is 7.11 Å². The van der Waals surface area contributed by atoms with Crippen LogP contribution in [0.4, 0.5) is 0 Å². The highest BCUT2D eigenvalue weighted by Crippen LogP contribution is 2.22. The van der Waals surface area contributed by atoms with Gasteiger partial charge in [0.05, 0.1) is 12.7 Å². The fourth-order valence-electron chi connectivity index (χ4n) is 2.96. The van der Waals surface area contributed by atoms with Crippen LogP contribution < -0.4 is 10.9 Å². The van der Waals surface area contributed by atoms with Gasteiger partial charge in [0.15, 0.2) is 0 Å². The lowest BCUT2D eigenvalue weighted by Gasteiger charge is -2.16. The smallest absolute Gasteiger partial charge is 0.344 e. The van der Waals surface area contributed by atoms with Gasteiger partial charge in [-0.25, -0.2) is 9.59 Å². The summed E-state index contributed by atoms with van der Waals surface area (Å²) in [7, 11) is 1.29. The van der Waals surface area contributed by atoms with Crippen LogP contribution in [0.25, 0.3) is 22.1 Å². The average molecular weight is 411 g/mol. The summed E-state index contributed by atoms with van der Waals surface area (Å²) in [6.45, 7) is 0. The van der Waals surface area contributed by atoms with Crippen molar-refractivity contribution in [1.29, 1.82) is 0 Å². The maximum absolute atomic E-state index is 12.7. The number of hydrogen-bond acceptors (Lipinski definition) is 6. The van der Waals surface area contributed by atoms with Gasteiger partial charge in [-0.1, -0.05) is 30.3 Å². The molecule has 0 unspecified atom stereocenters. The van der Waals surface area contributed by atoms with Gasteiger partial charge in [-0.3, -0.25) is 4.79 Å². The lowest BCUT2D eigenvalue weighted by Crippen LogP contribution is -2.41. The van der Waals surface area contributed by atoms with E-state index in [-0.39, 0.29) is 0 Å². The van der Waals surface area contributed by atoms with Crippen LogP contribution in [-0.4, -0.2) is 37.0 Å². The topological polar surface area (TPSA) is 85.6 Å². The molecule has 0 aliphatic carbocycles. The molecule has 0 saturated carbocycles. The van der Waals surface area contributed by atoms with E-state index in [2.05, 4.69) is 5.32 Å². The highest BCUT2D eigenvalue weighted by atomic mass is 32.2. The molecule has 0 spiro atoms. The van der Waals surface area contributed by atoms with E-state index < -0.39 is 23.5 Å². The molecule has 3 aromatic rings. The summed E-state index contributed by atoms with van der Waals surface area (Å²) >= 11 is 1.58. The van der Waals surface area contributed by atoms with Crippen LogP contribution in [0.15, 0.2) is 63.8 Å². The Morgan fingerprint density at radius 2 is 1.93 bits per heavy atom. The number of thioether (sulfide) groups is 1. The molecule has 150 valence electrons. The van der Waals surface area contributed by atoms with E-state index in [1.807, 2.05) is 18.4 Å². The van der Waals surface area contributed by atoms with Gasteiger partial charge in [0.2, 0.25) is 0 Å². The molecule has 3 rings (SSSR count). The highest BCUT2D eigenvalue weighted by Gasteiger charge is 2.22. The van der Waals surface area contributed by atoms with Crippen molar-refractivity contribution in [3.63, 3.8) is 0 Å². The van der Waals surface area contributed by atoms with E-state index in [0.29, 0.717) is 34.4 Å². The molecular formula is C22H21NO5S. The summed E-state index contributed by atoms with van der Waals surface area (Å²) in [6.07, 6.45) is 2.39. The van der Waals surface area contributed by atoms with Gasteiger partial charge < -0.3 is 14.5 Å². The van der Waals surface area contributed by atoms with Crippen LogP contribution in [0.2, 0.25) is 0 Å². The Bertz CT molecular complexity index is 1090. The molecule has 29 heavy (non-hydrogen) atoms. The molecule has 1 N–H and O–H groups in total. The zero-order valence-corrected chi connectivity index (χ0v) is 17.0. The standard InChI is InChI=1S/C22H21NO5S/c1-27-22(26)18(10-11-29-2)23-20(24)16-8-5-7-14(12-16)17-13-15-6-3-4-9-19(15)28-21(17)25/h3-9,12-13,18H,10-11H2,1-2H3,(H,23,24)/t18-/m1/s1. The van der Waals surface area contributed by atoms with Crippen LogP contribution in [0.1, 0.15) is 16.8 Å². The van der Waals surface area contributed by atoms with Crippen molar-refractivity contribution in [3.8, 4) is 11.1 Å². The van der Waals surface area contributed by atoms with Gasteiger partial charge in [0.1, 0.15) is 11.6 Å². The number of benzene rings is 2. The summed E-state index contributed by atoms with van der Waals surface area (Å²) in [4.78, 5) is 37.0. The first kappa shape index (κ1) is 20.7. The van der Waals surface area contributed by atoms with Crippen LogP contribution in [-0.2, 0) is 9.53 Å². The Morgan fingerprint density at radius 3 is 2.69 bits per heavy atom. The molecule has 1 aromatic heterocycles. The largest absolute Gasteiger partial charge is 0.467 e. The molecule has 0 fully saturated rings. The lowest BCUT2D eigenvalue weighted by molar-refractivity contribution is -0.142. The minimum Gasteiger partial charge on any atom is -0.467 e. The first-order valence-corrected chi connectivity index (χ1v) is 10.4. The minimum atomic E-state index is -0.727. The maximum atomic E-state index is 12.7. The monoisotopic (exact) mass is 411 g/mol. The SMILES string of the molecule is COC(=O)[C@@H](CCSC)NC(=O)c1cccc(-c2cc3ccccc3oc2=O)c1. The van der Waals surface area contributed by atoms with Crippen molar-refractivity contribution < 1.29 is 18.7 Å². The second-order valence-electron chi connectivity index (χ2n) is 6.40. The van der Waals surface area contributed by atoms with Crippen LogP contribution >= 0.6 is 11.8 Å². The number of amides is 1. The number of methoxy groups -OCH3 is 1. The molecular weight excluding hydrogens is 390 g/mol. The number of esters is 1. The fraction of sp³-hybridized carbons (Fsp3) is 0.227. The summed E-state index contributed by atoms with van der Waals surface area (Å²) in [5.74, 6) is -0.189. The Morgan fingerprint density at radius 1 is 1.14 bits per heavy atom. The number of carbonyl (C=O) groups excluding carboxylic acids is 2. The summed E-state index contributed by atoms with van der Waals surface area (Å²) in [6, 6.07) is 14.9. The highest BCUT2D eigenvalue weighted by molar-refractivity contribution is 7.98. The molecule has 0 bridgehead atoms. The molecule has 0 saturated heterocycles. The van der Waals surface area contributed by atoms with Gasteiger partial charge >= 0.3 is 11.6 Å². The fourth-order valence-corrected chi connectivity index (χ4v) is 3.43. The third-order valence-corrected chi connectivity index (χ3v) is 5.12. The number of carbonyl (C=O) groups is 2. The van der Waals surface area contributed by atoms with Gasteiger partial charge in [0.25, 0.3) is 5.91 Å². The Kier molecular flexibility index (Phi) is 6.72. The normalized spacial score (nSPS) is 11.8. The molecule has 1 heterocycles. The number of fused-ring (bicyclic) bond motifs is 1. The number of ether oxygens (including phenoxy) is 1. The molecule has 0 aliphatic rings. The van der Waals surface area contributed by atoms with E-state index >= 15 is 0 Å². The quantitative estimate of drug-likeness (QED) is 0.473. The van der Waals surface area contributed by atoms with E-state index in [0.717, 1.165) is 5.39 Å². The van der Waals surface area contributed by atoms with Crippen LogP contribution in [0.3, 0.4) is 0 Å². The molecule has 6 nitrogen and oxygen atoms in total. The van der Waals surface area contributed by atoms with Gasteiger partial charge in [-0.05, 0) is 48.3 Å². The molecule has 1 atom stereocenters. The van der Waals surface area contributed by atoms with Gasteiger partial charge in [-0.2, -0.15) is 11.8 Å². The Labute approximate surface area is 172 Å². The van der Waals surface area contributed by atoms with E-state index in [1.54, 1.807) is 54.2 Å².